The molecule has 0 amide bonds. The minimum atomic E-state index is -0.162. The number of aliphatic hydroxyl groups is 1. The maximum absolute atomic E-state index is 9.65. The van der Waals surface area contributed by atoms with E-state index in [9.17, 15) is 5.11 Å². The Labute approximate surface area is 110 Å². The van der Waals surface area contributed by atoms with E-state index in [1.54, 1.807) is 0 Å². The van der Waals surface area contributed by atoms with Crippen molar-refractivity contribution in [2.75, 3.05) is 19.6 Å². The molecule has 1 fully saturated rings. The molecule has 1 N–H and O–H groups in total. The molecular formula is C16H23NO. The van der Waals surface area contributed by atoms with Crippen LogP contribution in [0.3, 0.4) is 0 Å². The van der Waals surface area contributed by atoms with Crippen LogP contribution in [0.4, 0.5) is 0 Å². The van der Waals surface area contributed by atoms with Gasteiger partial charge in [-0.3, -0.25) is 0 Å². The molecule has 1 aliphatic heterocycles. The van der Waals surface area contributed by atoms with Gasteiger partial charge in [0.15, 0.2) is 0 Å². The first-order valence-corrected chi connectivity index (χ1v) is 6.93. The Balaban J connectivity index is 1.85. The van der Waals surface area contributed by atoms with E-state index in [0.29, 0.717) is 0 Å². The average molecular weight is 245 g/mol. The van der Waals surface area contributed by atoms with Crippen molar-refractivity contribution in [2.24, 2.45) is 0 Å². The van der Waals surface area contributed by atoms with Crippen molar-refractivity contribution >= 4 is 6.08 Å². The molecule has 98 valence electrons. The zero-order valence-corrected chi connectivity index (χ0v) is 11.2. The molecule has 1 heterocycles. The summed E-state index contributed by atoms with van der Waals surface area (Å²) in [6.07, 6.45) is 5.26. The van der Waals surface area contributed by atoms with Crippen LogP contribution in [0, 0.1) is 0 Å². The fourth-order valence-corrected chi connectivity index (χ4v) is 2.38. The second-order valence-electron chi connectivity index (χ2n) is 5.08. The largest absolute Gasteiger partial charge is 0.392 e. The summed E-state index contributed by atoms with van der Waals surface area (Å²) >= 11 is 0. The molecule has 0 spiro atoms. The number of β-amino-alcohol motifs (C(OH)–C–C–N with tert-alkyl or cyclic N) is 1. The number of aliphatic hydroxyl groups excluding tert-OH is 1. The quantitative estimate of drug-likeness (QED) is 0.881. The fourth-order valence-electron chi connectivity index (χ4n) is 2.38. The number of hydrogen-bond acceptors (Lipinski definition) is 2. The van der Waals surface area contributed by atoms with Crippen LogP contribution in [0.25, 0.3) is 6.08 Å². The monoisotopic (exact) mass is 245 g/mol. The topological polar surface area (TPSA) is 23.5 Å². The molecule has 1 aromatic rings. The smallest absolute Gasteiger partial charge is 0.0664 e. The van der Waals surface area contributed by atoms with Crippen molar-refractivity contribution in [2.45, 2.75) is 32.3 Å². The summed E-state index contributed by atoms with van der Waals surface area (Å²) in [6, 6.07) is 10.5. The molecule has 1 saturated heterocycles. The van der Waals surface area contributed by atoms with E-state index in [0.717, 1.165) is 38.9 Å². The number of piperidine rings is 1. The molecule has 0 unspecified atom stereocenters. The Morgan fingerprint density at radius 2 is 1.89 bits per heavy atom. The summed E-state index contributed by atoms with van der Waals surface area (Å²) in [4.78, 5) is 2.37. The van der Waals surface area contributed by atoms with Crippen molar-refractivity contribution < 1.29 is 5.11 Å². The summed E-state index contributed by atoms with van der Waals surface area (Å²) < 4.78 is 0. The van der Waals surface area contributed by atoms with Gasteiger partial charge in [-0.15, -0.1) is 0 Å². The van der Waals surface area contributed by atoms with Crippen LogP contribution in [-0.2, 0) is 0 Å². The van der Waals surface area contributed by atoms with E-state index in [4.69, 9.17) is 0 Å². The molecule has 0 bridgehead atoms. The molecule has 2 rings (SSSR count). The molecule has 0 saturated carbocycles. The standard InChI is InChI=1S/C16H23NO/c1-2-16(18)13-17-10-8-15(9-11-17)12-14-6-4-3-5-7-14/h3-7,12,16,18H,2,8-11,13H2,1H3/t16-/m1/s1. The fraction of sp³-hybridized carbons (Fsp3) is 0.500. The first kappa shape index (κ1) is 13.3. The first-order chi connectivity index (χ1) is 8.78. The van der Waals surface area contributed by atoms with E-state index in [2.05, 4.69) is 41.3 Å². The Morgan fingerprint density at radius 3 is 2.50 bits per heavy atom. The summed E-state index contributed by atoms with van der Waals surface area (Å²) in [6.45, 7) is 5.02. The number of likely N-dealkylation sites (tertiary alicyclic amines) is 1. The van der Waals surface area contributed by atoms with Gasteiger partial charge in [0, 0.05) is 19.6 Å². The van der Waals surface area contributed by atoms with E-state index in [1.165, 1.54) is 11.1 Å². The molecule has 18 heavy (non-hydrogen) atoms. The average Bonchev–Trinajstić information content (AvgIpc) is 2.42. The van der Waals surface area contributed by atoms with Crippen LogP contribution in [0.15, 0.2) is 35.9 Å². The van der Waals surface area contributed by atoms with Gasteiger partial charge >= 0.3 is 0 Å². The third-order valence-electron chi connectivity index (χ3n) is 3.61. The van der Waals surface area contributed by atoms with Crippen molar-refractivity contribution in [3.63, 3.8) is 0 Å². The van der Waals surface area contributed by atoms with Gasteiger partial charge in [-0.1, -0.05) is 48.9 Å². The molecule has 0 aliphatic carbocycles. The lowest BCUT2D eigenvalue weighted by molar-refractivity contribution is 0.105. The van der Waals surface area contributed by atoms with Crippen LogP contribution in [-0.4, -0.2) is 35.7 Å². The second-order valence-corrected chi connectivity index (χ2v) is 5.08. The minimum Gasteiger partial charge on any atom is -0.392 e. The van der Waals surface area contributed by atoms with Gasteiger partial charge in [-0.25, -0.2) is 0 Å². The predicted octanol–water partition coefficient (Wildman–Crippen LogP) is 2.94. The van der Waals surface area contributed by atoms with Crippen LogP contribution in [0.2, 0.25) is 0 Å². The van der Waals surface area contributed by atoms with Crippen LogP contribution >= 0.6 is 0 Å². The van der Waals surface area contributed by atoms with Gasteiger partial charge in [0.25, 0.3) is 0 Å². The Kier molecular flexibility index (Phi) is 4.97. The van der Waals surface area contributed by atoms with Gasteiger partial charge in [0.05, 0.1) is 6.10 Å². The third kappa shape index (κ3) is 3.97. The summed E-state index contributed by atoms with van der Waals surface area (Å²) in [5.41, 5.74) is 2.83. The maximum Gasteiger partial charge on any atom is 0.0664 e. The van der Waals surface area contributed by atoms with Gasteiger partial charge in [0.1, 0.15) is 0 Å². The second kappa shape index (κ2) is 6.72. The van der Waals surface area contributed by atoms with E-state index >= 15 is 0 Å². The predicted molar refractivity (Wildman–Crippen MR) is 76.4 cm³/mol. The van der Waals surface area contributed by atoms with Gasteiger partial charge < -0.3 is 10.0 Å². The highest BCUT2D eigenvalue weighted by Crippen LogP contribution is 2.19. The SMILES string of the molecule is CC[C@@H](O)CN1CCC(=Cc2ccccc2)CC1. The molecular weight excluding hydrogens is 222 g/mol. The Morgan fingerprint density at radius 1 is 1.22 bits per heavy atom. The van der Waals surface area contributed by atoms with E-state index in [-0.39, 0.29) is 6.10 Å². The number of nitrogens with zero attached hydrogens (tertiary/aromatic N) is 1. The summed E-state index contributed by atoms with van der Waals surface area (Å²) in [7, 11) is 0. The van der Waals surface area contributed by atoms with Crippen molar-refractivity contribution in [1.29, 1.82) is 0 Å². The third-order valence-corrected chi connectivity index (χ3v) is 3.61. The molecule has 2 heteroatoms. The van der Waals surface area contributed by atoms with Gasteiger partial charge in [-0.2, -0.15) is 0 Å². The van der Waals surface area contributed by atoms with Crippen molar-refractivity contribution in [3.05, 3.63) is 41.5 Å². The number of rotatable bonds is 4. The lowest BCUT2D eigenvalue weighted by Gasteiger charge is -2.29. The van der Waals surface area contributed by atoms with Gasteiger partial charge in [0.2, 0.25) is 0 Å². The lowest BCUT2D eigenvalue weighted by atomic mass is 10.0. The summed E-state index contributed by atoms with van der Waals surface area (Å²) in [5.74, 6) is 0. The van der Waals surface area contributed by atoms with Crippen molar-refractivity contribution in [1.82, 2.24) is 4.90 Å². The highest BCUT2D eigenvalue weighted by Gasteiger charge is 2.15. The lowest BCUT2D eigenvalue weighted by Crippen LogP contribution is -2.36. The number of hydrogen-bond donors (Lipinski definition) is 1. The normalized spacial score (nSPS) is 18.7. The Hall–Kier alpha value is -1.12. The molecule has 2 nitrogen and oxygen atoms in total. The highest BCUT2D eigenvalue weighted by molar-refractivity contribution is 5.52. The summed E-state index contributed by atoms with van der Waals surface area (Å²) in [5, 5.41) is 9.65. The maximum atomic E-state index is 9.65. The molecule has 0 aromatic heterocycles. The number of benzene rings is 1. The van der Waals surface area contributed by atoms with Crippen LogP contribution in [0.5, 0.6) is 0 Å². The van der Waals surface area contributed by atoms with E-state index in [1.807, 2.05) is 6.92 Å². The molecule has 1 aliphatic rings. The zero-order chi connectivity index (χ0) is 12.8. The molecule has 1 atom stereocenters. The van der Waals surface area contributed by atoms with Gasteiger partial charge in [-0.05, 0) is 24.8 Å². The van der Waals surface area contributed by atoms with Crippen LogP contribution in [0.1, 0.15) is 31.7 Å². The molecule has 0 radical (unpaired) electrons. The first-order valence-electron chi connectivity index (χ1n) is 6.93. The Bertz CT molecular complexity index is 375. The van der Waals surface area contributed by atoms with Crippen LogP contribution < -0.4 is 0 Å². The highest BCUT2D eigenvalue weighted by atomic mass is 16.3. The molecule has 1 aromatic carbocycles. The zero-order valence-electron chi connectivity index (χ0n) is 11.2. The minimum absolute atomic E-state index is 0.162. The van der Waals surface area contributed by atoms with E-state index < -0.39 is 0 Å². The van der Waals surface area contributed by atoms with Crippen molar-refractivity contribution in [3.8, 4) is 0 Å².